The van der Waals surface area contributed by atoms with Gasteiger partial charge in [-0.25, -0.2) is 13.4 Å². The summed E-state index contributed by atoms with van der Waals surface area (Å²) >= 11 is 0. The van der Waals surface area contributed by atoms with Crippen LogP contribution in [0.15, 0.2) is 36.5 Å². The van der Waals surface area contributed by atoms with Crippen molar-refractivity contribution in [3.63, 3.8) is 0 Å². The maximum Gasteiger partial charge on any atom is 0.240 e. The highest BCUT2D eigenvalue weighted by Gasteiger charge is 2.61. The molecular formula is C43H58N4O8S. The van der Waals surface area contributed by atoms with Crippen LogP contribution in [-0.4, -0.2) is 85.8 Å². The second kappa shape index (κ2) is 15.4. The summed E-state index contributed by atoms with van der Waals surface area (Å²) in [6, 6.07) is 4.89. The number of amides is 2. The lowest BCUT2D eigenvalue weighted by Gasteiger charge is -2.32. The van der Waals surface area contributed by atoms with Gasteiger partial charge in [0.15, 0.2) is 11.5 Å². The van der Waals surface area contributed by atoms with Crippen molar-refractivity contribution in [3.05, 3.63) is 36.5 Å². The van der Waals surface area contributed by atoms with Crippen molar-refractivity contribution >= 4 is 49.9 Å². The van der Waals surface area contributed by atoms with Crippen molar-refractivity contribution < 1.29 is 37.1 Å². The van der Waals surface area contributed by atoms with Gasteiger partial charge in [-0.05, 0) is 79.9 Å². The van der Waals surface area contributed by atoms with Gasteiger partial charge in [0.25, 0.3) is 0 Å². The lowest BCUT2D eigenvalue weighted by atomic mass is 9.79. The summed E-state index contributed by atoms with van der Waals surface area (Å²) in [7, 11) is -1.82. The number of ketones is 2. The van der Waals surface area contributed by atoms with Gasteiger partial charge >= 0.3 is 0 Å². The topological polar surface area (TPSA) is 152 Å². The standard InChI is InChI=1S/C43H58N4O8S/c1-26-9-7-8-10-28-22-43(28,41(51)45-56(52,53)31-11-12-31)24-37(49)36-21-30(25-47(36)40(50)34(27(2)19-26)20-29(48)23-42(3,4)5)55-39-33-13-14-35-38(32(33)15-16-44-39)54-18-17-46(35)6/h8,10,13-16,26-28,30-31,34,36H,7,9,11-12,17-25H2,1-6H3,(H,45,51)/b10-8-/t26-,27-,28-,30-,34-,36+,43-/m1/s1. The van der Waals surface area contributed by atoms with Crippen LogP contribution in [0.5, 0.6) is 11.6 Å². The first-order valence-electron chi connectivity index (χ1n) is 20.5. The number of nitrogens with one attached hydrogen (secondary N) is 1. The number of Topliss-reactive ketones (excluding diaryl/α,β-unsaturated/α-hetero) is 2. The van der Waals surface area contributed by atoms with Crippen LogP contribution in [0.1, 0.15) is 98.8 Å². The first kappa shape index (κ1) is 40.2. The molecule has 5 aliphatic rings. The number of pyridine rings is 1. The molecule has 2 aliphatic carbocycles. The fourth-order valence-corrected chi connectivity index (χ4v) is 10.6. The molecule has 2 aromatic rings. The minimum absolute atomic E-state index is 0.00976. The Bertz CT molecular complexity index is 2020. The minimum Gasteiger partial charge on any atom is -0.489 e. The molecule has 0 unspecified atom stereocenters. The highest BCUT2D eigenvalue weighted by Crippen LogP contribution is 2.57. The molecule has 3 aliphatic heterocycles. The normalized spacial score (nSPS) is 30.6. The third-order valence-electron chi connectivity index (χ3n) is 12.5. The molecule has 56 heavy (non-hydrogen) atoms. The van der Waals surface area contributed by atoms with E-state index in [2.05, 4.69) is 21.5 Å². The molecule has 2 amide bonds. The molecule has 0 radical (unpaired) electrons. The lowest BCUT2D eigenvalue weighted by Crippen LogP contribution is -2.47. The number of sulfonamides is 1. The van der Waals surface area contributed by atoms with E-state index in [0.717, 1.165) is 48.0 Å². The van der Waals surface area contributed by atoms with E-state index in [9.17, 15) is 27.6 Å². The van der Waals surface area contributed by atoms with Crippen molar-refractivity contribution in [3.8, 4) is 11.6 Å². The van der Waals surface area contributed by atoms with Gasteiger partial charge in [-0.1, -0.05) is 46.8 Å². The molecule has 1 aromatic heterocycles. The van der Waals surface area contributed by atoms with Crippen LogP contribution in [-0.2, 0) is 29.2 Å². The first-order chi connectivity index (χ1) is 26.5. The zero-order chi connectivity index (χ0) is 40.2. The molecule has 7 atom stereocenters. The van der Waals surface area contributed by atoms with Crippen LogP contribution < -0.4 is 19.1 Å². The van der Waals surface area contributed by atoms with Crippen molar-refractivity contribution in [1.29, 1.82) is 0 Å². The van der Waals surface area contributed by atoms with Gasteiger partial charge in [-0.2, -0.15) is 0 Å². The second-order valence-electron chi connectivity index (χ2n) is 18.6. The molecule has 1 saturated heterocycles. The van der Waals surface area contributed by atoms with Crippen LogP contribution in [0, 0.1) is 34.5 Å². The molecule has 304 valence electrons. The molecule has 7 rings (SSSR count). The third kappa shape index (κ3) is 8.48. The van der Waals surface area contributed by atoms with Gasteiger partial charge in [0.1, 0.15) is 18.5 Å². The molecule has 0 bridgehead atoms. The molecular weight excluding hydrogens is 733 g/mol. The number of allylic oxidation sites excluding steroid dienone is 2. The van der Waals surface area contributed by atoms with Gasteiger partial charge < -0.3 is 19.3 Å². The largest absolute Gasteiger partial charge is 0.489 e. The zero-order valence-electron chi connectivity index (χ0n) is 33.7. The summed E-state index contributed by atoms with van der Waals surface area (Å²) in [6.45, 7) is 11.6. The molecule has 4 heterocycles. The number of benzene rings is 1. The lowest BCUT2D eigenvalue weighted by molar-refractivity contribution is -0.145. The van der Waals surface area contributed by atoms with Gasteiger partial charge in [0.2, 0.25) is 27.7 Å². The zero-order valence-corrected chi connectivity index (χ0v) is 34.5. The van der Waals surface area contributed by atoms with Gasteiger partial charge in [0.05, 0.1) is 35.5 Å². The maximum absolute atomic E-state index is 15.0. The Kier molecular flexibility index (Phi) is 11.1. The number of carbonyl (C=O) groups excluding carboxylic acids is 4. The Labute approximate surface area is 331 Å². The van der Waals surface area contributed by atoms with E-state index in [1.807, 2.05) is 65.1 Å². The fraction of sp³-hybridized carbons (Fsp3) is 0.651. The van der Waals surface area contributed by atoms with Crippen LogP contribution in [0.3, 0.4) is 0 Å². The van der Waals surface area contributed by atoms with E-state index in [-0.39, 0.29) is 66.4 Å². The number of fused-ring (bicyclic) bond motifs is 5. The predicted octanol–water partition coefficient (Wildman–Crippen LogP) is 6.01. The molecule has 13 heteroatoms. The maximum atomic E-state index is 15.0. The smallest absolute Gasteiger partial charge is 0.240 e. The average molecular weight is 791 g/mol. The second-order valence-corrected chi connectivity index (χ2v) is 20.5. The number of anilines is 1. The van der Waals surface area contributed by atoms with E-state index in [4.69, 9.17) is 9.47 Å². The van der Waals surface area contributed by atoms with Gasteiger partial charge in [0, 0.05) is 55.6 Å². The molecule has 12 nitrogen and oxygen atoms in total. The Hall–Kier alpha value is -4.00. The number of rotatable bonds is 8. The van der Waals surface area contributed by atoms with E-state index < -0.39 is 44.7 Å². The number of nitrogens with zero attached hydrogens (tertiary/aromatic N) is 3. The van der Waals surface area contributed by atoms with E-state index in [1.165, 1.54) is 0 Å². The summed E-state index contributed by atoms with van der Waals surface area (Å²) in [6.07, 6.45) is 9.12. The monoisotopic (exact) mass is 790 g/mol. The van der Waals surface area contributed by atoms with Gasteiger partial charge in [-0.15, -0.1) is 0 Å². The summed E-state index contributed by atoms with van der Waals surface area (Å²) in [5.41, 5.74) is -0.509. The SMILES string of the molecule is C[C@@H]1CC/C=C\[C@@H]2C[C@@]2(C(=O)NS(=O)(=O)C2CC2)CC(=O)[C@@H]2C[C@@H](Oc3nccc4c5c(ccc34)N(C)CCO5)CN2C(=O)[C@H](CC(=O)CC(C)(C)C)[C@H](C)C1. The van der Waals surface area contributed by atoms with Crippen LogP contribution in [0.2, 0.25) is 0 Å². The van der Waals surface area contributed by atoms with Crippen molar-refractivity contribution in [2.45, 2.75) is 116 Å². The molecule has 3 fully saturated rings. The Morgan fingerprint density at radius 3 is 2.57 bits per heavy atom. The predicted molar refractivity (Wildman–Crippen MR) is 214 cm³/mol. The van der Waals surface area contributed by atoms with E-state index in [1.54, 1.807) is 11.1 Å². The first-order valence-corrected chi connectivity index (χ1v) is 22.0. The van der Waals surface area contributed by atoms with E-state index in [0.29, 0.717) is 38.2 Å². The number of likely N-dealkylation sites (N-methyl/N-ethyl adjacent to an activating group) is 1. The number of hydrogen-bond acceptors (Lipinski definition) is 10. The van der Waals surface area contributed by atoms with Crippen LogP contribution in [0.4, 0.5) is 5.69 Å². The third-order valence-corrected chi connectivity index (χ3v) is 14.4. The van der Waals surface area contributed by atoms with Crippen LogP contribution >= 0.6 is 0 Å². The van der Waals surface area contributed by atoms with Crippen molar-refractivity contribution in [1.82, 2.24) is 14.6 Å². The number of hydrogen-bond donors (Lipinski definition) is 1. The molecule has 1 aromatic carbocycles. The minimum atomic E-state index is -3.84. The summed E-state index contributed by atoms with van der Waals surface area (Å²) in [5, 5.41) is 1.01. The van der Waals surface area contributed by atoms with Crippen LogP contribution in [0.25, 0.3) is 10.8 Å². The molecule has 0 spiro atoms. The Morgan fingerprint density at radius 2 is 1.84 bits per heavy atom. The Balaban J connectivity index is 1.22. The number of ether oxygens (including phenoxy) is 2. The summed E-state index contributed by atoms with van der Waals surface area (Å²) < 4.78 is 40.9. The highest BCUT2D eigenvalue weighted by atomic mass is 32.2. The summed E-state index contributed by atoms with van der Waals surface area (Å²) in [4.78, 5) is 65.4. The van der Waals surface area contributed by atoms with Crippen molar-refractivity contribution in [2.75, 3.05) is 31.6 Å². The average Bonchev–Trinajstić information content (AvgIpc) is 4.05. The highest BCUT2D eigenvalue weighted by molar-refractivity contribution is 7.90. The summed E-state index contributed by atoms with van der Waals surface area (Å²) in [5.74, 6) is -0.924. The Morgan fingerprint density at radius 1 is 1.07 bits per heavy atom. The van der Waals surface area contributed by atoms with Crippen molar-refractivity contribution in [2.24, 2.45) is 34.5 Å². The fourth-order valence-electron chi connectivity index (χ4n) is 9.19. The number of aromatic nitrogens is 1. The molecule has 2 saturated carbocycles. The quantitative estimate of drug-likeness (QED) is 0.315. The molecule has 1 N–H and O–H groups in total. The van der Waals surface area contributed by atoms with E-state index >= 15 is 0 Å². The van der Waals surface area contributed by atoms with Gasteiger partial charge in [-0.3, -0.25) is 23.9 Å². The number of carbonyl (C=O) groups is 4.